The molecule has 0 unspecified atom stereocenters. The molecule has 0 saturated carbocycles. The molecule has 0 spiro atoms. The van der Waals surface area contributed by atoms with Crippen LogP contribution in [0.1, 0.15) is 39.9 Å². The standard InChI is InChI=1S/C27H28F4N8O/c1-17-4-5-20(12-24(17)39-15-23(36-37-39)19-13-32-16-33-14-19)35-26(40)18-10-21(27(29,30)31)25(28)22(11-18)34-6-9-38-7-2-3-8-38/h4-5,10-16,34,36-37H,2-3,6-9H2,1H3,(H,35,40). The smallest absolute Gasteiger partial charge is 0.381 e. The maximum Gasteiger partial charge on any atom is 0.419 e. The van der Waals surface area contributed by atoms with Crippen LogP contribution < -0.4 is 26.6 Å². The third-order valence-electron chi connectivity index (χ3n) is 6.75. The molecule has 2 aliphatic heterocycles. The highest BCUT2D eigenvalue weighted by atomic mass is 19.4. The fraction of sp³-hybridized carbons (Fsp3) is 0.296. The van der Waals surface area contributed by atoms with E-state index in [2.05, 4.69) is 36.5 Å². The number of halogens is 4. The molecule has 0 bridgehead atoms. The number of likely N-dealkylation sites (tertiary alicyclic amines) is 1. The van der Waals surface area contributed by atoms with Gasteiger partial charge in [0, 0.05) is 48.5 Å². The Bertz CT molecular complexity index is 1410. The van der Waals surface area contributed by atoms with Crippen LogP contribution in [0.25, 0.3) is 5.70 Å². The van der Waals surface area contributed by atoms with E-state index in [1.54, 1.807) is 41.8 Å². The van der Waals surface area contributed by atoms with E-state index in [0.29, 0.717) is 29.7 Å². The van der Waals surface area contributed by atoms with Crippen molar-refractivity contribution < 1.29 is 22.4 Å². The highest BCUT2D eigenvalue weighted by Crippen LogP contribution is 2.35. The van der Waals surface area contributed by atoms with Crippen molar-refractivity contribution in [1.82, 2.24) is 25.8 Å². The monoisotopic (exact) mass is 556 g/mol. The number of anilines is 3. The first-order valence-electron chi connectivity index (χ1n) is 12.8. The van der Waals surface area contributed by atoms with E-state index in [-0.39, 0.29) is 17.8 Å². The van der Waals surface area contributed by atoms with E-state index in [9.17, 15) is 22.4 Å². The van der Waals surface area contributed by atoms with E-state index >= 15 is 0 Å². The summed E-state index contributed by atoms with van der Waals surface area (Å²) in [7, 11) is 0. The molecule has 0 aliphatic carbocycles. The lowest BCUT2D eigenvalue weighted by molar-refractivity contribution is -0.139. The number of carbonyl (C=O) groups is 1. The lowest BCUT2D eigenvalue weighted by atomic mass is 10.1. The molecular formula is C27H28F4N8O. The first-order valence-corrected chi connectivity index (χ1v) is 12.8. The summed E-state index contributed by atoms with van der Waals surface area (Å²) in [5.74, 6) is -2.23. The summed E-state index contributed by atoms with van der Waals surface area (Å²) in [6.45, 7) is 4.49. The number of alkyl halides is 3. The van der Waals surface area contributed by atoms with E-state index in [1.165, 1.54) is 6.33 Å². The molecule has 9 nitrogen and oxygen atoms in total. The molecular weight excluding hydrogens is 528 g/mol. The molecule has 2 aliphatic rings. The first-order chi connectivity index (χ1) is 19.2. The zero-order chi connectivity index (χ0) is 28.3. The predicted octanol–water partition coefficient (Wildman–Crippen LogP) is 4.53. The van der Waals surface area contributed by atoms with Gasteiger partial charge in [-0.1, -0.05) is 6.07 Å². The molecule has 3 heterocycles. The summed E-state index contributed by atoms with van der Waals surface area (Å²) in [6, 6.07) is 6.73. The van der Waals surface area contributed by atoms with Gasteiger partial charge in [0.1, 0.15) is 6.33 Å². The lowest BCUT2D eigenvalue weighted by Gasteiger charge is -2.19. The molecule has 40 heavy (non-hydrogen) atoms. The fourth-order valence-corrected chi connectivity index (χ4v) is 4.62. The third kappa shape index (κ3) is 6.15. The number of hydrogen-bond acceptors (Lipinski definition) is 8. The molecule has 13 heteroatoms. The van der Waals surface area contributed by atoms with Crippen molar-refractivity contribution in [3.8, 4) is 0 Å². The van der Waals surface area contributed by atoms with Gasteiger partial charge in [-0.3, -0.25) is 9.80 Å². The molecule has 3 aromatic rings. The lowest BCUT2D eigenvalue weighted by Crippen LogP contribution is -2.36. The van der Waals surface area contributed by atoms with Crippen LogP contribution in [-0.2, 0) is 6.18 Å². The molecule has 210 valence electrons. The molecule has 5 rings (SSSR count). The van der Waals surface area contributed by atoms with Crippen LogP contribution in [0, 0.1) is 12.7 Å². The Balaban J connectivity index is 1.35. The maximum absolute atomic E-state index is 14.8. The Kier molecular flexibility index (Phi) is 7.85. The van der Waals surface area contributed by atoms with Crippen molar-refractivity contribution in [3.05, 3.63) is 83.3 Å². The minimum absolute atomic E-state index is 0.252. The number of aromatic nitrogens is 2. The molecule has 2 aromatic carbocycles. The largest absolute Gasteiger partial charge is 0.419 e. The Hall–Kier alpha value is -4.23. The van der Waals surface area contributed by atoms with E-state index in [0.717, 1.165) is 43.1 Å². The highest BCUT2D eigenvalue weighted by Gasteiger charge is 2.36. The quantitative estimate of drug-likeness (QED) is 0.301. The Morgan fingerprint density at radius 3 is 2.58 bits per heavy atom. The van der Waals surface area contributed by atoms with Gasteiger partial charge in [0.25, 0.3) is 5.91 Å². The maximum atomic E-state index is 14.8. The summed E-state index contributed by atoms with van der Waals surface area (Å²) >= 11 is 0. The molecule has 1 aromatic heterocycles. The average molecular weight is 557 g/mol. The van der Waals surface area contributed by atoms with Crippen molar-refractivity contribution in [2.24, 2.45) is 0 Å². The van der Waals surface area contributed by atoms with Crippen LogP contribution in [0.3, 0.4) is 0 Å². The van der Waals surface area contributed by atoms with Crippen LogP contribution in [0.4, 0.5) is 34.6 Å². The number of benzene rings is 2. The van der Waals surface area contributed by atoms with Crippen LogP contribution in [0.2, 0.25) is 0 Å². The van der Waals surface area contributed by atoms with Gasteiger partial charge in [0.05, 0.1) is 22.6 Å². The Morgan fingerprint density at radius 1 is 1.10 bits per heavy atom. The number of amides is 1. The summed E-state index contributed by atoms with van der Waals surface area (Å²) < 4.78 is 55.8. The molecule has 0 radical (unpaired) electrons. The minimum atomic E-state index is -4.97. The SMILES string of the molecule is Cc1ccc(NC(=O)c2cc(NCCN3CCCC3)c(F)c(C(F)(F)F)c2)cc1N1C=C(c2cncnc2)NN1. The molecule has 1 saturated heterocycles. The summed E-state index contributed by atoms with van der Waals surface area (Å²) in [5.41, 5.74) is 7.19. The van der Waals surface area contributed by atoms with Crippen LogP contribution >= 0.6 is 0 Å². The molecule has 1 fully saturated rings. The zero-order valence-electron chi connectivity index (χ0n) is 21.6. The van der Waals surface area contributed by atoms with Gasteiger partial charge in [-0.15, -0.1) is 5.53 Å². The summed E-state index contributed by atoms with van der Waals surface area (Å²) in [6.07, 6.45) is 3.65. The van der Waals surface area contributed by atoms with Gasteiger partial charge in [0.15, 0.2) is 5.82 Å². The van der Waals surface area contributed by atoms with Gasteiger partial charge in [0.2, 0.25) is 0 Å². The van der Waals surface area contributed by atoms with E-state index < -0.39 is 23.5 Å². The van der Waals surface area contributed by atoms with Gasteiger partial charge in [-0.25, -0.2) is 14.4 Å². The van der Waals surface area contributed by atoms with E-state index in [1.807, 2.05) is 6.92 Å². The molecule has 4 N–H and O–H groups in total. The van der Waals surface area contributed by atoms with Crippen molar-refractivity contribution >= 4 is 28.7 Å². The van der Waals surface area contributed by atoms with Crippen molar-refractivity contribution in [3.63, 3.8) is 0 Å². The topological polar surface area (TPSA) is 97.5 Å². The number of nitrogens with one attached hydrogen (secondary N) is 4. The van der Waals surface area contributed by atoms with Crippen LogP contribution in [-0.4, -0.2) is 47.0 Å². The third-order valence-corrected chi connectivity index (χ3v) is 6.75. The molecule has 0 atom stereocenters. The summed E-state index contributed by atoms with van der Waals surface area (Å²) in [5, 5.41) is 7.08. The average Bonchev–Trinajstić information content (AvgIpc) is 3.63. The van der Waals surface area contributed by atoms with Gasteiger partial charge >= 0.3 is 6.18 Å². The van der Waals surface area contributed by atoms with Gasteiger partial charge in [-0.2, -0.15) is 13.2 Å². The predicted molar refractivity (Wildman–Crippen MR) is 143 cm³/mol. The second kappa shape index (κ2) is 11.5. The second-order valence-corrected chi connectivity index (χ2v) is 9.59. The number of nitrogens with zero attached hydrogens (tertiary/aromatic N) is 4. The zero-order valence-corrected chi connectivity index (χ0v) is 21.6. The Morgan fingerprint density at radius 2 is 1.85 bits per heavy atom. The van der Waals surface area contributed by atoms with Crippen molar-refractivity contribution in [2.75, 3.05) is 41.8 Å². The number of rotatable bonds is 8. The van der Waals surface area contributed by atoms with E-state index in [4.69, 9.17) is 0 Å². The van der Waals surface area contributed by atoms with Gasteiger partial charge < -0.3 is 21.0 Å². The highest BCUT2D eigenvalue weighted by molar-refractivity contribution is 6.05. The number of hydrazine groups is 2. The van der Waals surface area contributed by atoms with Crippen LogP contribution in [0.15, 0.2) is 55.3 Å². The first kappa shape index (κ1) is 27.3. The number of hydrogen-bond donors (Lipinski definition) is 4. The van der Waals surface area contributed by atoms with Gasteiger partial charge in [-0.05, 0) is 62.7 Å². The number of aryl methyl sites for hydroxylation is 1. The number of carbonyl (C=O) groups excluding carboxylic acids is 1. The van der Waals surface area contributed by atoms with Crippen LogP contribution in [0.5, 0.6) is 0 Å². The Labute approximate surface area is 228 Å². The molecule has 1 amide bonds. The minimum Gasteiger partial charge on any atom is -0.381 e. The normalized spacial score (nSPS) is 15.6. The summed E-state index contributed by atoms with van der Waals surface area (Å²) in [4.78, 5) is 23.2. The fourth-order valence-electron chi connectivity index (χ4n) is 4.62. The van der Waals surface area contributed by atoms with Crippen molar-refractivity contribution in [2.45, 2.75) is 25.9 Å². The second-order valence-electron chi connectivity index (χ2n) is 9.59. The van der Waals surface area contributed by atoms with Crippen molar-refractivity contribution in [1.29, 1.82) is 0 Å².